The van der Waals surface area contributed by atoms with Crippen molar-refractivity contribution in [1.82, 2.24) is 19.7 Å². The predicted octanol–water partition coefficient (Wildman–Crippen LogP) is 2.84. The van der Waals surface area contributed by atoms with Crippen molar-refractivity contribution in [2.45, 2.75) is 25.7 Å². The summed E-state index contributed by atoms with van der Waals surface area (Å²) >= 11 is 0. The second-order valence-electron chi connectivity index (χ2n) is 9.29. The Hall–Kier alpha value is -4.02. The van der Waals surface area contributed by atoms with Gasteiger partial charge in [0.1, 0.15) is 23.3 Å². The van der Waals surface area contributed by atoms with Crippen LogP contribution in [0.4, 0.5) is 4.39 Å². The van der Waals surface area contributed by atoms with Crippen LogP contribution in [0, 0.1) is 5.82 Å². The minimum absolute atomic E-state index is 0.106. The SMILES string of the molecule is COCCN1CCCN2C(=O)c3c(Oc4ccccc4)c(=O)c(C(=O)NCc4ccc(F)cc4)cn3CC12. The van der Waals surface area contributed by atoms with E-state index >= 15 is 0 Å². The van der Waals surface area contributed by atoms with E-state index in [-0.39, 0.29) is 41.4 Å². The molecule has 2 amide bonds. The second-order valence-corrected chi connectivity index (χ2v) is 9.29. The molecule has 2 aliphatic heterocycles. The monoisotopic (exact) mass is 520 g/mol. The summed E-state index contributed by atoms with van der Waals surface area (Å²) in [6, 6.07) is 14.4. The van der Waals surface area contributed by atoms with Crippen molar-refractivity contribution in [3.8, 4) is 11.5 Å². The number of benzene rings is 2. The van der Waals surface area contributed by atoms with Crippen molar-refractivity contribution in [1.29, 1.82) is 0 Å². The lowest BCUT2D eigenvalue weighted by Gasteiger charge is -2.47. The molecule has 5 rings (SSSR count). The predicted molar refractivity (Wildman–Crippen MR) is 138 cm³/mol. The number of rotatable bonds is 8. The van der Waals surface area contributed by atoms with Gasteiger partial charge in [0.2, 0.25) is 11.2 Å². The summed E-state index contributed by atoms with van der Waals surface area (Å²) < 4.78 is 26.1. The second kappa shape index (κ2) is 11.2. The molecule has 0 aliphatic carbocycles. The molecule has 0 spiro atoms. The first-order valence-electron chi connectivity index (χ1n) is 12.5. The molecule has 3 aromatic rings. The average molecular weight is 521 g/mol. The maximum absolute atomic E-state index is 13.8. The van der Waals surface area contributed by atoms with Gasteiger partial charge in [-0.3, -0.25) is 19.3 Å². The molecule has 10 heteroatoms. The summed E-state index contributed by atoms with van der Waals surface area (Å²) in [6.45, 7) is 3.02. The van der Waals surface area contributed by atoms with E-state index in [1.54, 1.807) is 53.0 Å². The van der Waals surface area contributed by atoms with Gasteiger partial charge in [0.05, 0.1) is 13.2 Å². The number of amides is 2. The van der Waals surface area contributed by atoms with Crippen LogP contribution in [0.2, 0.25) is 0 Å². The Kier molecular flexibility index (Phi) is 7.52. The molecule has 1 fully saturated rings. The molecule has 9 nitrogen and oxygen atoms in total. The van der Waals surface area contributed by atoms with Crippen LogP contribution in [0.25, 0.3) is 0 Å². The fourth-order valence-electron chi connectivity index (χ4n) is 4.92. The minimum atomic E-state index is -0.670. The Morgan fingerprint density at radius 1 is 1.08 bits per heavy atom. The summed E-state index contributed by atoms with van der Waals surface area (Å²) in [7, 11) is 1.64. The summed E-state index contributed by atoms with van der Waals surface area (Å²) in [5.74, 6) is -1.10. The van der Waals surface area contributed by atoms with Gasteiger partial charge in [0.15, 0.2) is 5.69 Å². The number of nitrogens with one attached hydrogen (secondary N) is 1. The number of hydrogen-bond acceptors (Lipinski definition) is 6. The highest BCUT2D eigenvalue weighted by atomic mass is 19.1. The summed E-state index contributed by atoms with van der Waals surface area (Å²) in [5.41, 5.74) is -0.00166. The highest BCUT2D eigenvalue weighted by molar-refractivity contribution is 5.99. The lowest BCUT2D eigenvalue weighted by Crippen LogP contribution is -2.61. The third-order valence-electron chi connectivity index (χ3n) is 6.84. The smallest absolute Gasteiger partial charge is 0.275 e. The minimum Gasteiger partial charge on any atom is -0.451 e. The number of halogens is 1. The normalized spacial score (nSPS) is 17.1. The highest BCUT2D eigenvalue weighted by Gasteiger charge is 2.41. The van der Waals surface area contributed by atoms with Gasteiger partial charge >= 0.3 is 0 Å². The molecule has 3 heterocycles. The number of carbonyl (C=O) groups is 2. The van der Waals surface area contributed by atoms with Crippen LogP contribution in [0.15, 0.2) is 65.6 Å². The average Bonchev–Trinajstić information content (AvgIpc) is 2.93. The first-order chi connectivity index (χ1) is 18.5. The lowest BCUT2D eigenvalue weighted by molar-refractivity contribution is -0.0185. The van der Waals surface area contributed by atoms with E-state index in [2.05, 4.69) is 10.2 Å². The number of ether oxygens (including phenoxy) is 2. The van der Waals surface area contributed by atoms with Crippen molar-refractivity contribution >= 4 is 11.8 Å². The number of fused-ring (bicyclic) bond motifs is 2. The fourth-order valence-corrected chi connectivity index (χ4v) is 4.92. The first-order valence-corrected chi connectivity index (χ1v) is 12.5. The van der Waals surface area contributed by atoms with Gasteiger partial charge in [-0.25, -0.2) is 4.39 Å². The topological polar surface area (TPSA) is 93.1 Å². The fraction of sp³-hybridized carbons (Fsp3) is 0.321. The zero-order chi connectivity index (χ0) is 26.6. The molecule has 1 N–H and O–H groups in total. The summed E-state index contributed by atoms with van der Waals surface area (Å²) in [4.78, 5) is 44.5. The molecule has 1 atom stereocenters. The van der Waals surface area contributed by atoms with Crippen molar-refractivity contribution in [3.05, 3.63) is 93.7 Å². The van der Waals surface area contributed by atoms with Crippen LogP contribution < -0.4 is 15.5 Å². The molecule has 2 aromatic carbocycles. The largest absolute Gasteiger partial charge is 0.451 e. The number of aromatic nitrogens is 1. The zero-order valence-corrected chi connectivity index (χ0v) is 21.1. The lowest BCUT2D eigenvalue weighted by atomic mass is 10.1. The number of para-hydroxylation sites is 1. The summed E-state index contributed by atoms with van der Waals surface area (Å²) in [5, 5.41) is 2.73. The third kappa shape index (κ3) is 5.18. The molecule has 1 unspecified atom stereocenters. The van der Waals surface area contributed by atoms with E-state index in [9.17, 15) is 18.8 Å². The van der Waals surface area contributed by atoms with Gasteiger partial charge < -0.3 is 24.3 Å². The standard InChI is InChI=1S/C28H29FN4O5/c1-37-15-14-31-12-5-13-33-23(31)18-32-17-22(27(35)30-16-19-8-10-20(29)11-9-19)25(34)26(24(32)28(33)36)38-21-6-3-2-4-7-21/h2-4,6-11,17,23H,5,12-16,18H2,1H3,(H,30,35). The van der Waals surface area contributed by atoms with Crippen molar-refractivity contribution in [2.24, 2.45) is 0 Å². The van der Waals surface area contributed by atoms with Crippen LogP contribution in [0.3, 0.4) is 0 Å². The van der Waals surface area contributed by atoms with Crippen LogP contribution in [0.1, 0.15) is 32.8 Å². The Labute approximate surface area is 219 Å². The number of pyridine rings is 1. The molecule has 0 saturated carbocycles. The van der Waals surface area contributed by atoms with E-state index in [1.807, 2.05) is 6.07 Å². The number of methoxy groups -OCH3 is 1. The van der Waals surface area contributed by atoms with Crippen molar-refractivity contribution in [2.75, 3.05) is 33.4 Å². The van der Waals surface area contributed by atoms with Gasteiger partial charge in [0, 0.05) is 39.5 Å². The maximum atomic E-state index is 13.8. The zero-order valence-electron chi connectivity index (χ0n) is 21.1. The quantitative estimate of drug-likeness (QED) is 0.491. The van der Waals surface area contributed by atoms with Crippen LogP contribution in [0.5, 0.6) is 11.5 Å². The van der Waals surface area contributed by atoms with E-state index in [1.165, 1.54) is 18.3 Å². The van der Waals surface area contributed by atoms with E-state index in [4.69, 9.17) is 9.47 Å². The van der Waals surface area contributed by atoms with Gasteiger partial charge in [-0.15, -0.1) is 0 Å². The van der Waals surface area contributed by atoms with Gasteiger partial charge in [-0.2, -0.15) is 0 Å². The Bertz CT molecular complexity index is 1380. The number of hydrogen-bond donors (Lipinski definition) is 1. The summed E-state index contributed by atoms with van der Waals surface area (Å²) in [6.07, 6.45) is 2.00. The molecule has 1 saturated heterocycles. The van der Waals surface area contributed by atoms with Gasteiger partial charge in [0.25, 0.3) is 11.8 Å². The molecule has 0 bridgehead atoms. The molecule has 2 aliphatic rings. The maximum Gasteiger partial charge on any atom is 0.275 e. The number of carbonyl (C=O) groups excluding carboxylic acids is 2. The first kappa shape index (κ1) is 25.6. The molecule has 1 aromatic heterocycles. The molecular weight excluding hydrogens is 491 g/mol. The van der Waals surface area contributed by atoms with Crippen LogP contribution in [-0.2, 0) is 17.8 Å². The molecule has 38 heavy (non-hydrogen) atoms. The van der Waals surface area contributed by atoms with Crippen LogP contribution in [-0.4, -0.2) is 65.7 Å². The third-order valence-corrected chi connectivity index (χ3v) is 6.84. The van der Waals surface area contributed by atoms with Crippen LogP contribution >= 0.6 is 0 Å². The van der Waals surface area contributed by atoms with Crippen molar-refractivity contribution < 1.29 is 23.5 Å². The Morgan fingerprint density at radius 3 is 2.58 bits per heavy atom. The molecule has 198 valence electrons. The Balaban J connectivity index is 1.52. The van der Waals surface area contributed by atoms with E-state index < -0.39 is 11.3 Å². The van der Waals surface area contributed by atoms with E-state index in [0.29, 0.717) is 37.6 Å². The van der Waals surface area contributed by atoms with E-state index in [0.717, 1.165) is 13.0 Å². The highest BCUT2D eigenvalue weighted by Crippen LogP contribution is 2.30. The molecule has 0 radical (unpaired) electrons. The molecular formula is C28H29FN4O5. The number of nitrogens with zero attached hydrogens (tertiary/aromatic N) is 3. The van der Waals surface area contributed by atoms with Gasteiger partial charge in [-0.1, -0.05) is 30.3 Å². The van der Waals surface area contributed by atoms with Crippen molar-refractivity contribution in [3.63, 3.8) is 0 Å². The Morgan fingerprint density at radius 2 is 1.84 bits per heavy atom. The van der Waals surface area contributed by atoms with Gasteiger partial charge in [-0.05, 0) is 36.2 Å².